The zero-order valence-corrected chi connectivity index (χ0v) is 6.04. The maximum absolute atomic E-state index is 10.7. The van der Waals surface area contributed by atoms with Crippen molar-refractivity contribution in [2.75, 3.05) is 0 Å². The Morgan fingerprint density at radius 3 is 2.73 bits per heavy atom. The van der Waals surface area contributed by atoms with Gasteiger partial charge in [-0.05, 0) is 6.42 Å². The first-order chi connectivity index (χ1) is 5.27. The smallest absolute Gasteiger partial charge is 0.307 e. The fourth-order valence-corrected chi connectivity index (χ4v) is 1.03. The number of terminal acetylenes is 2. The number of carbonyl (C=O) groups is 1. The highest BCUT2D eigenvalue weighted by molar-refractivity contribution is 5.71. The molecule has 1 heterocycles. The van der Waals surface area contributed by atoms with Gasteiger partial charge in [-0.3, -0.25) is 4.79 Å². The van der Waals surface area contributed by atoms with Crippen molar-refractivity contribution >= 4 is 5.97 Å². The van der Waals surface area contributed by atoms with Gasteiger partial charge in [-0.2, -0.15) is 0 Å². The van der Waals surface area contributed by atoms with Crippen LogP contribution in [0.25, 0.3) is 0 Å². The van der Waals surface area contributed by atoms with Crippen LogP contribution in [-0.4, -0.2) is 12.1 Å². The molecule has 0 N–H and O–H groups in total. The van der Waals surface area contributed by atoms with Crippen LogP contribution in [0.15, 0.2) is 0 Å². The molecule has 1 saturated heterocycles. The number of hydrogen-bond donors (Lipinski definition) is 0. The second kappa shape index (κ2) is 3.12. The molecule has 2 heteroatoms. The summed E-state index contributed by atoms with van der Waals surface area (Å²) in [4.78, 5) is 10.7. The SMILES string of the molecule is C#CC1CCC(=O)OC1C#C. The molecule has 2 atom stereocenters. The fourth-order valence-electron chi connectivity index (χ4n) is 1.03. The summed E-state index contributed by atoms with van der Waals surface area (Å²) in [7, 11) is 0. The number of rotatable bonds is 0. The molecule has 1 aliphatic heterocycles. The van der Waals surface area contributed by atoms with Gasteiger partial charge in [0, 0.05) is 6.42 Å². The van der Waals surface area contributed by atoms with Crippen molar-refractivity contribution in [3.05, 3.63) is 0 Å². The lowest BCUT2D eigenvalue weighted by Gasteiger charge is -2.23. The molecule has 0 bridgehead atoms. The van der Waals surface area contributed by atoms with Gasteiger partial charge in [-0.25, -0.2) is 0 Å². The minimum atomic E-state index is -0.513. The Morgan fingerprint density at radius 1 is 1.45 bits per heavy atom. The van der Waals surface area contributed by atoms with E-state index in [1.165, 1.54) is 0 Å². The zero-order valence-electron chi connectivity index (χ0n) is 6.04. The Labute approximate surface area is 65.9 Å². The molecule has 56 valence electrons. The molecule has 0 amide bonds. The molecule has 1 aliphatic rings. The van der Waals surface area contributed by atoms with Gasteiger partial charge in [-0.15, -0.1) is 12.8 Å². The van der Waals surface area contributed by atoms with Crippen LogP contribution in [0.4, 0.5) is 0 Å². The van der Waals surface area contributed by atoms with E-state index in [4.69, 9.17) is 17.6 Å². The Balaban J connectivity index is 2.66. The maximum Gasteiger partial charge on any atom is 0.307 e. The highest BCUT2D eigenvalue weighted by Crippen LogP contribution is 2.19. The summed E-state index contributed by atoms with van der Waals surface area (Å²) in [6.45, 7) is 0. The quantitative estimate of drug-likeness (QED) is 0.371. The third-order valence-corrected chi connectivity index (χ3v) is 1.66. The molecule has 11 heavy (non-hydrogen) atoms. The first-order valence-corrected chi connectivity index (χ1v) is 3.39. The zero-order chi connectivity index (χ0) is 8.27. The second-order valence-electron chi connectivity index (χ2n) is 2.39. The lowest BCUT2D eigenvalue weighted by Crippen LogP contribution is -2.30. The molecule has 0 aromatic rings. The normalized spacial score (nSPS) is 29.8. The van der Waals surface area contributed by atoms with Gasteiger partial charge in [0.05, 0.1) is 5.92 Å². The van der Waals surface area contributed by atoms with Gasteiger partial charge in [0.25, 0.3) is 0 Å². The van der Waals surface area contributed by atoms with E-state index in [-0.39, 0.29) is 11.9 Å². The highest BCUT2D eigenvalue weighted by atomic mass is 16.5. The summed E-state index contributed by atoms with van der Waals surface area (Å²) in [5.74, 6) is 4.51. The average Bonchev–Trinajstić information content (AvgIpc) is 2.04. The van der Waals surface area contributed by atoms with Crippen LogP contribution in [0, 0.1) is 30.6 Å². The molecule has 0 spiro atoms. The van der Waals surface area contributed by atoms with E-state index in [1.807, 2.05) is 0 Å². The van der Waals surface area contributed by atoms with Crippen LogP contribution in [0.5, 0.6) is 0 Å². The Hall–Kier alpha value is -1.41. The van der Waals surface area contributed by atoms with Gasteiger partial charge in [0.2, 0.25) is 0 Å². The highest BCUT2D eigenvalue weighted by Gasteiger charge is 2.27. The minimum Gasteiger partial charge on any atom is -0.448 e. The van der Waals surface area contributed by atoms with Crippen molar-refractivity contribution in [3.63, 3.8) is 0 Å². The standard InChI is InChI=1S/C9H8O2/c1-3-7-5-6-9(10)11-8(7)4-2/h1-2,7-8H,5-6H2. The van der Waals surface area contributed by atoms with Crippen LogP contribution in [0.3, 0.4) is 0 Å². The van der Waals surface area contributed by atoms with Crippen molar-refractivity contribution in [2.24, 2.45) is 5.92 Å². The average molecular weight is 148 g/mol. The number of ether oxygens (including phenoxy) is 1. The predicted molar refractivity (Wildman–Crippen MR) is 40.3 cm³/mol. The molecule has 1 rings (SSSR count). The Morgan fingerprint density at radius 2 is 2.18 bits per heavy atom. The molecule has 0 aliphatic carbocycles. The van der Waals surface area contributed by atoms with Gasteiger partial charge in [0.1, 0.15) is 0 Å². The maximum atomic E-state index is 10.7. The lowest BCUT2D eigenvalue weighted by molar-refractivity contribution is -0.152. The predicted octanol–water partition coefficient (Wildman–Crippen LogP) is 0.575. The molecule has 0 saturated carbocycles. The monoisotopic (exact) mass is 148 g/mol. The molecule has 0 aromatic carbocycles. The molecule has 2 nitrogen and oxygen atoms in total. The summed E-state index contributed by atoms with van der Waals surface area (Å²) in [6, 6.07) is 0. The largest absolute Gasteiger partial charge is 0.448 e. The first kappa shape index (κ1) is 7.69. The van der Waals surface area contributed by atoms with Crippen LogP contribution in [-0.2, 0) is 9.53 Å². The topological polar surface area (TPSA) is 26.3 Å². The Kier molecular flexibility index (Phi) is 2.18. The fraction of sp³-hybridized carbons (Fsp3) is 0.444. The van der Waals surface area contributed by atoms with E-state index in [1.54, 1.807) is 0 Å². The summed E-state index contributed by atoms with van der Waals surface area (Å²) in [6.07, 6.45) is 10.8. The second-order valence-corrected chi connectivity index (χ2v) is 2.39. The summed E-state index contributed by atoms with van der Waals surface area (Å²) >= 11 is 0. The van der Waals surface area contributed by atoms with Crippen molar-refractivity contribution in [1.82, 2.24) is 0 Å². The van der Waals surface area contributed by atoms with Crippen molar-refractivity contribution in [3.8, 4) is 24.7 Å². The minimum absolute atomic E-state index is 0.0994. The summed E-state index contributed by atoms with van der Waals surface area (Å²) < 4.78 is 4.82. The van der Waals surface area contributed by atoms with Crippen LogP contribution >= 0.6 is 0 Å². The van der Waals surface area contributed by atoms with E-state index in [9.17, 15) is 4.79 Å². The van der Waals surface area contributed by atoms with Crippen molar-refractivity contribution in [2.45, 2.75) is 18.9 Å². The van der Waals surface area contributed by atoms with E-state index < -0.39 is 6.10 Å². The molecule has 0 radical (unpaired) electrons. The van der Waals surface area contributed by atoms with E-state index >= 15 is 0 Å². The van der Waals surface area contributed by atoms with E-state index in [0.717, 1.165) is 0 Å². The third kappa shape index (κ3) is 1.53. The number of hydrogen-bond acceptors (Lipinski definition) is 2. The Bertz CT molecular complexity index is 241. The molecular weight excluding hydrogens is 140 g/mol. The van der Waals surface area contributed by atoms with E-state index in [0.29, 0.717) is 12.8 Å². The van der Waals surface area contributed by atoms with E-state index in [2.05, 4.69) is 11.8 Å². The lowest BCUT2D eigenvalue weighted by atomic mass is 9.95. The van der Waals surface area contributed by atoms with Gasteiger partial charge in [0.15, 0.2) is 6.10 Å². The van der Waals surface area contributed by atoms with Crippen molar-refractivity contribution in [1.29, 1.82) is 0 Å². The third-order valence-electron chi connectivity index (χ3n) is 1.66. The van der Waals surface area contributed by atoms with Crippen LogP contribution < -0.4 is 0 Å². The molecule has 2 unspecified atom stereocenters. The molecule has 0 aromatic heterocycles. The molecule has 1 fully saturated rings. The van der Waals surface area contributed by atoms with Gasteiger partial charge >= 0.3 is 5.97 Å². The van der Waals surface area contributed by atoms with Crippen molar-refractivity contribution < 1.29 is 9.53 Å². The summed E-state index contributed by atoms with van der Waals surface area (Å²) in [5, 5.41) is 0. The number of esters is 1. The van der Waals surface area contributed by atoms with Gasteiger partial charge < -0.3 is 4.74 Å². The summed E-state index contributed by atoms with van der Waals surface area (Å²) in [5.41, 5.74) is 0. The van der Waals surface area contributed by atoms with Crippen LogP contribution in [0.2, 0.25) is 0 Å². The number of carbonyl (C=O) groups excluding carboxylic acids is 1. The van der Waals surface area contributed by atoms with Crippen LogP contribution in [0.1, 0.15) is 12.8 Å². The van der Waals surface area contributed by atoms with Gasteiger partial charge in [-0.1, -0.05) is 11.8 Å². The first-order valence-electron chi connectivity index (χ1n) is 3.39. The molecular formula is C9H8O2. The number of cyclic esters (lactones) is 1.